The van der Waals surface area contributed by atoms with Gasteiger partial charge in [-0.15, -0.1) is 0 Å². The highest BCUT2D eigenvalue weighted by molar-refractivity contribution is 6.30. The van der Waals surface area contributed by atoms with E-state index in [-0.39, 0.29) is 11.9 Å². The zero-order valence-corrected chi connectivity index (χ0v) is 16.2. The first-order valence-electron chi connectivity index (χ1n) is 8.94. The van der Waals surface area contributed by atoms with Crippen LogP contribution >= 0.6 is 11.6 Å². The second-order valence-corrected chi connectivity index (χ2v) is 6.90. The summed E-state index contributed by atoms with van der Waals surface area (Å²) in [5.41, 5.74) is 0.696. The summed E-state index contributed by atoms with van der Waals surface area (Å²) in [5, 5.41) is 3.61. The van der Waals surface area contributed by atoms with Crippen molar-refractivity contribution in [3.63, 3.8) is 0 Å². The Balaban J connectivity index is 1.48. The number of hydrogen-bond acceptors (Lipinski definition) is 4. The third kappa shape index (κ3) is 5.28. The van der Waals surface area contributed by atoms with Gasteiger partial charge in [0.1, 0.15) is 32.1 Å². The molecule has 144 valence electrons. The fourth-order valence-electron chi connectivity index (χ4n) is 2.67. The number of anilines is 1. The van der Waals surface area contributed by atoms with Crippen molar-refractivity contribution in [1.29, 1.82) is 0 Å². The van der Waals surface area contributed by atoms with Crippen molar-refractivity contribution >= 4 is 23.2 Å². The fraction of sp³-hybridized carbons (Fsp3) is 0.350. The molecule has 1 aliphatic heterocycles. The van der Waals surface area contributed by atoms with E-state index in [2.05, 4.69) is 5.32 Å². The molecule has 0 bridgehead atoms. The van der Waals surface area contributed by atoms with Gasteiger partial charge in [-0.3, -0.25) is 4.79 Å². The van der Waals surface area contributed by atoms with Crippen molar-refractivity contribution in [2.24, 2.45) is 0 Å². The number of fused-ring (bicyclic) bond motifs is 1. The summed E-state index contributed by atoms with van der Waals surface area (Å²) in [5.74, 6) is 2.06. The van der Waals surface area contributed by atoms with Crippen LogP contribution in [0.5, 0.6) is 17.2 Å². The van der Waals surface area contributed by atoms with E-state index >= 15 is 0 Å². The van der Waals surface area contributed by atoms with Gasteiger partial charge in [0, 0.05) is 16.8 Å². The number of halogens is 1. The second kappa shape index (κ2) is 8.97. The molecule has 0 saturated heterocycles. The Hall–Kier alpha value is -2.44. The Kier molecular flexibility index (Phi) is 6.42. The molecule has 6 nitrogen and oxygen atoms in total. The molecular weight excluding hydrogens is 368 g/mol. The molecule has 1 heterocycles. The number of benzene rings is 2. The van der Waals surface area contributed by atoms with Crippen LogP contribution in [-0.2, 0) is 4.79 Å². The van der Waals surface area contributed by atoms with Gasteiger partial charge in [0.25, 0.3) is 5.91 Å². The first-order chi connectivity index (χ1) is 13.0. The van der Waals surface area contributed by atoms with E-state index < -0.39 is 0 Å². The van der Waals surface area contributed by atoms with E-state index in [9.17, 15) is 4.79 Å². The van der Waals surface area contributed by atoms with Crippen molar-refractivity contribution in [3.8, 4) is 17.2 Å². The van der Waals surface area contributed by atoms with Crippen molar-refractivity contribution in [3.05, 3.63) is 47.5 Å². The van der Waals surface area contributed by atoms with E-state index in [0.717, 1.165) is 10.6 Å². The minimum absolute atomic E-state index is 0.0596. The Morgan fingerprint density at radius 1 is 1.19 bits per heavy atom. The molecule has 2 atom stereocenters. The molecule has 0 aliphatic carbocycles. The summed E-state index contributed by atoms with van der Waals surface area (Å²) in [6, 6.07) is 12.4. The molecule has 1 unspecified atom stereocenters. The maximum Gasteiger partial charge on any atom is 0.282 e. The van der Waals surface area contributed by atoms with Gasteiger partial charge >= 0.3 is 0 Å². The van der Waals surface area contributed by atoms with Crippen LogP contribution in [-0.4, -0.2) is 45.4 Å². The average Bonchev–Trinajstić information content (AvgIpc) is 2.68. The topological polar surface area (TPSA) is 61.2 Å². The van der Waals surface area contributed by atoms with Gasteiger partial charge in [0.2, 0.25) is 0 Å². The molecule has 1 aliphatic rings. The lowest BCUT2D eigenvalue weighted by atomic mass is 10.2. The Bertz CT molecular complexity index is 782. The molecule has 0 spiro atoms. The number of carbonyl (C=O) groups excluding carboxylic acids is 1. The summed E-state index contributed by atoms with van der Waals surface area (Å²) in [6.07, 6.45) is 0. The molecule has 2 N–H and O–H groups in total. The average molecular weight is 392 g/mol. The fourth-order valence-corrected chi connectivity index (χ4v) is 2.80. The lowest BCUT2D eigenvalue weighted by Crippen LogP contribution is -3.14. The molecule has 7 heteroatoms. The van der Waals surface area contributed by atoms with Crippen molar-refractivity contribution in [2.45, 2.75) is 13.0 Å². The summed E-state index contributed by atoms with van der Waals surface area (Å²) < 4.78 is 16.7. The first kappa shape index (κ1) is 19.3. The number of hydrogen-bond donors (Lipinski definition) is 2. The van der Waals surface area contributed by atoms with Gasteiger partial charge in [-0.25, -0.2) is 0 Å². The SMILES string of the molecule is C[C@@H](C(=O)Nc1ccc2c(c1)OCCO2)[NH+](C)CCOc1ccc(Cl)cc1. The van der Waals surface area contributed by atoms with Crippen molar-refractivity contribution in [1.82, 2.24) is 0 Å². The number of ether oxygens (including phenoxy) is 3. The Morgan fingerprint density at radius 2 is 1.89 bits per heavy atom. The van der Waals surface area contributed by atoms with Gasteiger partial charge in [-0.1, -0.05) is 11.6 Å². The molecule has 1 amide bonds. The first-order valence-corrected chi connectivity index (χ1v) is 9.32. The van der Waals surface area contributed by atoms with Gasteiger partial charge in [0.05, 0.1) is 7.05 Å². The highest BCUT2D eigenvalue weighted by Gasteiger charge is 2.22. The smallest absolute Gasteiger partial charge is 0.282 e. The molecule has 0 aromatic heterocycles. The van der Waals surface area contributed by atoms with Crippen molar-refractivity contribution < 1.29 is 23.9 Å². The lowest BCUT2D eigenvalue weighted by Gasteiger charge is -2.22. The molecular formula is C20H24ClN2O4+. The summed E-state index contributed by atoms with van der Waals surface area (Å²) in [4.78, 5) is 13.6. The summed E-state index contributed by atoms with van der Waals surface area (Å²) in [7, 11) is 1.97. The van der Waals surface area contributed by atoms with Crippen molar-refractivity contribution in [2.75, 3.05) is 38.7 Å². The summed E-state index contributed by atoms with van der Waals surface area (Å²) >= 11 is 5.86. The van der Waals surface area contributed by atoms with E-state index in [0.29, 0.717) is 48.6 Å². The van der Waals surface area contributed by atoms with Crippen LogP contribution in [0, 0.1) is 0 Å². The molecule has 0 fully saturated rings. The standard InChI is InChI=1S/C20H23ClN2O4/c1-14(23(2)9-10-25-17-6-3-15(21)4-7-17)20(24)22-16-5-8-18-19(13-16)27-12-11-26-18/h3-8,13-14H,9-12H2,1-2H3,(H,22,24)/p+1/t14-/m0/s1. The van der Waals surface area contributed by atoms with E-state index in [1.807, 2.05) is 38.2 Å². The molecule has 0 radical (unpaired) electrons. The van der Waals surface area contributed by atoms with E-state index in [1.165, 1.54) is 0 Å². The van der Waals surface area contributed by atoms with Crippen LogP contribution in [0.4, 0.5) is 5.69 Å². The highest BCUT2D eigenvalue weighted by Crippen LogP contribution is 2.32. The number of nitrogens with one attached hydrogen (secondary N) is 2. The Labute approximate surface area is 164 Å². The number of likely N-dealkylation sites (N-methyl/N-ethyl adjacent to an activating group) is 1. The normalized spacial score (nSPS) is 14.9. The monoisotopic (exact) mass is 391 g/mol. The largest absolute Gasteiger partial charge is 0.488 e. The number of quaternary nitrogens is 1. The molecule has 2 aromatic carbocycles. The molecule has 2 aromatic rings. The van der Waals surface area contributed by atoms with Gasteiger partial charge in [-0.05, 0) is 43.3 Å². The third-order valence-electron chi connectivity index (χ3n) is 4.52. The van der Waals surface area contributed by atoms with Crippen LogP contribution in [0.25, 0.3) is 0 Å². The number of rotatable bonds is 7. The van der Waals surface area contributed by atoms with E-state index in [1.54, 1.807) is 18.2 Å². The zero-order valence-electron chi connectivity index (χ0n) is 15.5. The van der Waals surface area contributed by atoms with E-state index in [4.69, 9.17) is 25.8 Å². The maximum absolute atomic E-state index is 12.5. The van der Waals surface area contributed by atoms with Crippen LogP contribution in [0.2, 0.25) is 5.02 Å². The maximum atomic E-state index is 12.5. The lowest BCUT2D eigenvalue weighted by molar-refractivity contribution is -0.894. The number of amides is 1. The van der Waals surface area contributed by atoms with Gasteiger partial charge < -0.3 is 24.4 Å². The van der Waals surface area contributed by atoms with Crippen LogP contribution in [0.1, 0.15) is 6.92 Å². The van der Waals surface area contributed by atoms with Gasteiger partial charge in [0.15, 0.2) is 17.5 Å². The Morgan fingerprint density at radius 3 is 2.63 bits per heavy atom. The molecule has 3 rings (SSSR count). The minimum Gasteiger partial charge on any atom is -0.488 e. The highest BCUT2D eigenvalue weighted by atomic mass is 35.5. The minimum atomic E-state index is -0.230. The zero-order chi connectivity index (χ0) is 19.2. The molecule has 0 saturated carbocycles. The predicted octanol–water partition coefficient (Wildman–Crippen LogP) is 2.03. The number of carbonyl (C=O) groups is 1. The van der Waals surface area contributed by atoms with Gasteiger partial charge in [-0.2, -0.15) is 0 Å². The van der Waals surface area contributed by atoms with Crippen LogP contribution in [0.3, 0.4) is 0 Å². The molecule has 27 heavy (non-hydrogen) atoms. The third-order valence-corrected chi connectivity index (χ3v) is 4.77. The quantitative estimate of drug-likeness (QED) is 0.758. The second-order valence-electron chi connectivity index (χ2n) is 6.47. The summed E-state index contributed by atoms with van der Waals surface area (Å²) in [6.45, 7) is 4.15. The predicted molar refractivity (Wildman–Crippen MR) is 104 cm³/mol. The van der Waals surface area contributed by atoms with Crippen LogP contribution in [0.15, 0.2) is 42.5 Å². The van der Waals surface area contributed by atoms with Crippen LogP contribution < -0.4 is 24.4 Å².